The van der Waals surface area contributed by atoms with E-state index in [1.165, 1.54) is 25.3 Å². The van der Waals surface area contributed by atoms with E-state index in [-0.39, 0.29) is 22.8 Å². The summed E-state index contributed by atoms with van der Waals surface area (Å²) in [6.45, 7) is 0. The topological polar surface area (TPSA) is 96.2 Å². The molecule has 0 radical (unpaired) electrons. The molecule has 1 aromatic carbocycles. The van der Waals surface area contributed by atoms with Crippen LogP contribution in [0.4, 0.5) is 0 Å². The third-order valence-electron chi connectivity index (χ3n) is 1.83. The SMILES string of the molecule is COc1c(OO)ccc(C=CC(=O)O)c1O. The molecule has 0 heterocycles. The van der Waals surface area contributed by atoms with Gasteiger partial charge in [0.2, 0.25) is 11.5 Å². The average molecular weight is 226 g/mol. The second-order valence-electron chi connectivity index (χ2n) is 2.80. The number of aliphatic carboxylic acids is 1. The van der Waals surface area contributed by atoms with Gasteiger partial charge in [-0.05, 0) is 18.2 Å². The van der Waals surface area contributed by atoms with Crippen LogP contribution >= 0.6 is 0 Å². The summed E-state index contributed by atoms with van der Waals surface area (Å²) in [6.07, 6.45) is 2.06. The standard InChI is InChI=1S/C10H10O6/c1-15-10-7(16-14)4-2-6(9(10)13)3-5-8(11)12/h2-5,13-14H,1H3,(H,11,12). The second kappa shape index (κ2) is 5.04. The first-order valence-electron chi connectivity index (χ1n) is 4.22. The zero-order valence-corrected chi connectivity index (χ0v) is 8.38. The molecule has 0 aliphatic rings. The highest BCUT2D eigenvalue weighted by molar-refractivity contribution is 5.86. The number of hydrogen-bond acceptors (Lipinski definition) is 5. The van der Waals surface area contributed by atoms with Crippen LogP contribution in [0.5, 0.6) is 17.2 Å². The van der Waals surface area contributed by atoms with Crippen molar-refractivity contribution in [1.82, 2.24) is 0 Å². The minimum absolute atomic E-state index is 0.0625. The van der Waals surface area contributed by atoms with E-state index in [1.807, 2.05) is 0 Å². The van der Waals surface area contributed by atoms with Gasteiger partial charge < -0.3 is 19.8 Å². The van der Waals surface area contributed by atoms with Crippen LogP contribution in [0.2, 0.25) is 0 Å². The van der Waals surface area contributed by atoms with Crippen molar-refractivity contribution < 1.29 is 29.9 Å². The molecule has 0 unspecified atom stereocenters. The molecule has 6 nitrogen and oxygen atoms in total. The number of carboxylic acids is 1. The van der Waals surface area contributed by atoms with Gasteiger partial charge in [0, 0.05) is 11.6 Å². The summed E-state index contributed by atoms with van der Waals surface area (Å²) < 4.78 is 4.80. The predicted molar refractivity (Wildman–Crippen MR) is 54.6 cm³/mol. The van der Waals surface area contributed by atoms with Crippen molar-refractivity contribution in [2.75, 3.05) is 7.11 Å². The van der Waals surface area contributed by atoms with Gasteiger partial charge in [-0.25, -0.2) is 10.1 Å². The summed E-state index contributed by atoms with van der Waals surface area (Å²) in [4.78, 5) is 14.3. The smallest absolute Gasteiger partial charge is 0.328 e. The van der Waals surface area contributed by atoms with E-state index in [4.69, 9.17) is 15.1 Å². The van der Waals surface area contributed by atoms with Gasteiger partial charge in [-0.2, -0.15) is 0 Å². The molecule has 6 heteroatoms. The minimum Gasteiger partial charge on any atom is -0.504 e. The zero-order chi connectivity index (χ0) is 12.1. The zero-order valence-electron chi connectivity index (χ0n) is 8.38. The summed E-state index contributed by atoms with van der Waals surface area (Å²) in [5.41, 5.74) is 0.236. The van der Waals surface area contributed by atoms with Crippen LogP contribution in [-0.2, 0) is 4.79 Å². The Balaban J connectivity index is 3.18. The maximum Gasteiger partial charge on any atom is 0.328 e. The lowest BCUT2D eigenvalue weighted by atomic mass is 10.1. The molecule has 3 N–H and O–H groups in total. The normalized spacial score (nSPS) is 10.4. The van der Waals surface area contributed by atoms with Crippen LogP contribution in [0, 0.1) is 0 Å². The van der Waals surface area contributed by atoms with Gasteiger partial charge in [0.25, 0.3) is 0 Å². The van der Waals surface area contributed by atoms with Crippen LogP contribution in [0.3, 0.4) is 0 Å². The second-order valence-corrected chi connectivity index (χ2v) is 2.80. The first kappa shape index (κ1) is 11.9. The van der Waals surface area contributed by atoms with Gasteiger partial charge in [0.15, 0.2) is 5.75 Å². The van der Waals surface area contributed by atoms with E-state index < -0.39 is 5.97 Å². The lowest BCUT2D eigenvalue weighted by Gasteiger charge is -2.09. The monoisotopic (exact) mass is 226 g/mol. The van der Waals surface area contributed by atoms with E-state index in [0.717, 1.165) is 6.08 Å². The van der Waals surface area contributed by atoms with Crippen LogP contribution in [-0.4, -0.2) is 28.5 Å². The third-order valence-corrected chi connectivity index (χ3v) is 1.83. The third kappa shape index (κ3) is 2.43. The first-order valence-corrected chi connectivity index (χ1v) is 4.22. The van der Waals surface area contributed by atoms with Crippen molar-refractivity contribution in [3.63, 3.8) is 0 Å². The first-order chi connectivity index (χ1) is 7.60. The maximum absolute atomic E-state index is 10.3. The highest BCUT2D eigenvalue weighted by atomic mass is 17.1. The largest absolute Gasteiger partial charge is 0.504 e. The Morgan fingerprint density at radius 2 is 2.12 bits per heavy atom. The number of hydrogen-bond donors (Lipinski definition) is 3. The lowest BCUT2D eigenvalue weighted by Crippen LogP contribution is -1.93. The van der Waals surface area contributed by atoms with Crippen molar-refractivity contribution >= 4 is 12.0 Å². The number of phenolic OH excluding ortho intramolecular Hbond substituents is 1. The van der Waals surface area contributed by atoms with Gasteiger partial charge in [0.1, 0.15) is 0 Å². The summed E-state index contributed by atoms with van der Waals surface area (Å²) in [5.74, 6) is -1.59. The molecule has 0 fully saturated rings. The van der Waals surface area contributed by atoms with Gasteiger partial charge >= 0.3 is 5.97 Å². The quantitative estimate of drug-likeness (QED) is 0.407. The van der Waals surface area contributed by atoms with Crippen LogP contribution in [0.15, 0.2) is 18.2 Å². The van der Waals surface area contributed by atoms with E-state index in [9.17, 15) is 9.90 Å². The van der Waals surface area contributed by atoms with Crippen molar-refractivity contribution in [1.29, 1.82) is 0 Å². The Morgan fingerprint density at radius 1 is 1.44 bits per heavy atom. The summed E-state index contributed by atoms with van der Waals surface area (Å²) in [7, 11) is 1.28. The van der Waals surface area contributed by atoms with Gasteiger partial charge in [-0.3, -0.25) is 0 Å². The minimum atomic E-state index is -1.14. The molecular formula is C10H10O6. The molecule has 0 bridgehead atoms. The number of benzene rings is 1. The molecular weight excluding hydrogens is 216 g/mol. The molecule has 0 saturated carbocycles. The Bertz CT molecular complexity index is 424. The fraction of sp³-hybridized carbons (Fsp3) is 0.100. The molecule has 0 aliphatic carbocycles. The van der Waals surface area contributed by atoms with Gasteiger partial charge in [-0.15, -0.1) is 0 Å². The number of carbonyl (C=O) groups is 1. The van der Waals surface area contributed by atoms with E-state index in [1.54, 1.807) is 0 Å². The number of aromatic hydroxyl groups is 1. The molecule has 0 amide bonds. The molecule has 86 valence electrons. The number of carboxylic acid groups (broad SMARTS) is 1. The Morgan fingerprint density at radius 3 is 2.62 bits per heavy atom. The van der Waals surface area contributed by atoms with Crippen LogP contribution in [0.25, 0.3) is 6.08 Å². The summed E-state index contributed by atoms with van der Waals surface area (Å²) >= 11 is 0. The highest BCUT2D eigenvalue weighted by Gasteiger charge is 2.13. The number of phenols is 1. The van der Waals surface area contributed by atoms with E-state index >= 15 is 0 Å². The van der Waals surface area contributed by atoms with Crippen molar-refractivity contribution in [2.24, 2.45) is 0 Å². The molecule has 0 aliphatic heterocycles. The molecule has 0 atom stereocenters. The number of ether oxygens (including phenoxy) is 1. The van der Waals surface area contributed by atoms with Gasteiger partial charge in [-0.1, -0.05) is 0 Å². The van der Waals surface area contributed by atoms with Crippen molar-refractivity contribution in [3.05, 3.63) is 23.8 Å². The fourth-order valence-electron chi connectivity index (χ4n) is 1.13. The average Bonchev–Trinajstić information content (AvgIpc) is 2.26. The Hall–Kier alpha value is -2.21. The molecule has 0 spiro atoms. The molecule has 0 saturated heterocycles. The summed E-state index contributed by atoms with van der Waals surface area (Å²) in [6, 6.07) is 2.71. The lowest BCUT2D eigenvalue weighted by molar-refractivity contribution is -0.139. The maximum atomic E-state index is 10.3. The molecule has 0 aromatic heterocycles. The number of rotatable bonds is 4. The predicted octanol–water partition coefficient (Wildman–Crippen LogP) is 1.35. The molecule has 1 aromatic rings. The van der Waals surface area contributed by atoms with Crippen LogP contribution < -0.4 is 9.62 Å². The van der Waals surface area contributed by atoms with Crippen molar-refractivity contribution in [3.8, 4) is 17.2 Å². The van der Waals surface area contributed by atoms with E-state index in [0.29, 0.717) is 0 Å². The molecule has 16 heavy (non-hydrogen) atoms. The highest BCUT2D eigenvalue weighted by Crippen LogP contribution is 2.39. The van der Waals surface area contributed by atoms with Crippen LogP contribution in [0.1, 0.15) is 5.56 Å². The van der Waals surface area contributed by atoms with Crippen molar-refractivity contribution in [2.45, 2.75) is 0 Å². The van der Waals surface area contributed by atoms with E-state index in [2.05, 4.69) is 4.89 Å². The fourth-order valence-corrected chi connectivity index (χ4v) is 1.13. The number of methoxy groups -OCH3 is 1. The van der Waals surface area contributed by atoms with Gasteiger partial charge in [0.05, 0.1) is 7.11 Å². The Labute approximate surface area is 90.9 Å². The molecule has 1 rings (SSSR count). The summed E-state index contributed by atoms with van der Waals surface area (Å²) in [5, 5.41) is 26.6. The Kier molecular flexibility index (Phi) is 3.73.